The number of likely N-dealkylation sites (N-methyl/N-ethyl adjacent to an activating group) is 1. The molecule has 1 aromatic heterocycles. The van der Waals surface area contributed by atoms with E-state index in [1.165, 1.54) is 0 Å². The van der Waals surface area contributed by atoms with Crippen molar-refractivity contribution < 1.29 is 0 Å². The zero-order valence-corrected chi connectivity index (χ0v) is 13.5. The Balaban J connectivity index is 1.78. The van der Waals surface area contributed by atoms with E-state index in [-0.39, 0.29) is 0 Å². The average molecular weight is 313 g/mol. The van der Waals surface area contributed by atoms with Gasteiger partial charge in [0.1, 0.15) is 0 Å². The van der Waals surface area contributed by atoms with Crippen molar-refractivity contribution in [3.8, 4) is 0 Å². The second-order valence-electron chi connectivity index (χ2n) is 5.71. The zero-order valence-electron chi connectivity index (χ0n) is 12.6. The van der Waals surface area contributed by atoms with Crippen LogP contribution in [-0.2, 0) is 0 Å². The van der Waals surface area contributed by atoms with Crippen molar-refractivity contribution in [1.29, 1.82) is 0 Å². The van der Waals surface area contributed by atoms with Gasteiger partial charge in [-0.25, -0.2) is 9.98 Å². The zero-order chi connectivity index (χ0) is 14.9. The van der Waals surface area contributed by atoms with E-state index in [2.05, 4.69) is 44.6 Å². The molecule has 2 aliphatic heterocycles. The predicted molar refractivity (Wildman–Crippen MR) is 89.0 cm³/mol. The molecular weight excluding hydrogens is 294 g/mol. The number of imidazole rings is 1. The maximum atomic E-state index is 4.97. The molecule has 4 rings (SSSR count). The number of hydrogen-bond acceptors (Lipinski definition) is 5. The molecule has 2 aromatic rings. The molecule has 0 atom stereocenters. The third-order valence-corrected chi connectivity index (χ3v) is 5.16. The molecule has 0 spiro atoms. The molecule has 22 heavy (non-hydrogen) atoms. The summed E-state index contributed by atoms with van der Waals surface area (Å²) in [5.41, 5.74) is 1.03. The fourth-order valence-electron chi connectivity index (χ4n) is 2.88. The quantitative estimate of drug-likeness (QED) is 0.749. The van der Waals surface area contributed by atoms with Crippen LogP contribution in [0, 0.1) is 0 Å². The molecule has 1 fully saturated rings. The molecule has 0 bridgehead atoms. The number of hydrogen-bond donors (Lipinski definition) is 0. The second kappa shape index (κ2) is 5.78. The van der Waals surface area contributed by atoms with Crippen molar-refractivity contribution in [2.75, 3.05) is 33.2 Å². The van der Waals surface area contributed by atoms with Gasteiger partial charge in [0.2, 0.25) is 5.96 Å². The Labute approximate surface area is 134 Å². The fourth-order valence-corrected chi connectivity index (χ4v) is 3.80. The summed E-state index contributed by atoms with van der Waals surface area (Å²) in [6.07, 6.45) is 5.03. The second-order valence-corrected chi connectivity index (χ2v) is 6.71. The summed E-state index contributed by atoms with van der Waals surface area (Å²) in [5, 5.41) is 0.987. The van der Waals surface area contributed by atoms with Crippen LogP contribution in [0.25, 0.3) is 0 Å². The van der Waals surface area contributed by atoms with Gasteiger partial charge in [0.15, 0.2) is 5.16 Å². The molecule has 114 valence electrons. The van der Waals surface area contributed by atoms with E-state index in [1.54, 1.807) is 11.8 Å². The number of benzene rings is 1. The van der Waals surface area contributed by atoms with Gasteiger partial charge >= 0.3 is 0 Å². The van der Waals surface area contributed by atoms with Gasteiger partial charge in [-0.2, -0.15) is 0 Å². The number of para-hydroxylation sites is 1. The molecule has 1 aromatic carbocycles. The SMILES string of the molecule is CN1CCCN(C2=Nc3ccccc3Sc3nccn32)CC1. The summed E-state index contributed by atoms with van der Waals surface area (Å²) in [7, 11) is 2.19. The lowest BCUT2D eigenvalue weighted by molar-refractivity contribution is 0.344. The number of rotatable bonds is 0. The van der Waals surface area contributed by atoms with Gasteiger partial charge in [0.25, 0.3) is 0 Å². The Hall–Kier alpha value is -1.79. The summed E-state index contributed by atoms with van der Waals surface area (Å²) in [5.74, 6) is 1.00. The van der Waals surface area contributed by atoms with Crippen LogP contribution in [0.1, 0.15) is 6.42 Å². The van der Waals surface area contributed by atoms with Crippen LogP contribution in [0.2, 0.25) is 0 Å². The molecule has 0 unspecified atom stereocenters. The average Bonchev–Trinajstić information content (AvgIpc) is 2.78. The molecule has 0 radical (unpaired) electrons. The van der Waals surface area contributed by atoms with Crippen LogP contribution in [0.4, 0.5) is 5.69 Å². The fraction of sp³-hybridized carbons (Fsp3) is 0.375. The molecule has 0 aliphatic carbocycles. The van der Waals surface area contributed by atoms with E-state index in [0.29, 0.717) is 0 Å². The first-order valence-electron chi connectivity index (χ1n) is 7.64. The van der Waals surface area contributed by atoms with Gasteiger partial charge in [-0.05, 0) is 43.9 Å². The van der Waals surface area contributed by atoms with Crippen molar-refractivity contribution in [1.82, 2.24) is 19.4 Å². The van der Waals surface area contributed by atoms with Crippen molar-refractivity contribution in [2.45, 2.75) is 16.5 Å². The highest BCUT2D eigenvalue weighted by atomic mass is 32.2. The number of aliphatic imine (C=N–C) groups is 1. The van der Waals surface area contributed by atoms with Crippen LogP contribution < -0.4 is 0 Å². The topological polar surface area (TPSA) is 36.7 Å². The largest absolute Gasteiger partial charge is 0.341 e. The lowest BCUT2D eigenvalue weighted by atomic mass is 10.3. The summed E-state index contributed by atoms with van der Waals surface area (Å²) < 4.78 is 2.12. The van der Waals surface area contributed by atoms with Crippen molar-refractivity contribution in [2.24, 2.45) is 4.99 Å². The summed E-state index contributed by atoms with van der Waals surface area (Å²) in [6, 6.07) is 8.30. The molecule has 5 nitrogen and oxygen atoms in total. The lowest BCUT2D eigenvalue weighted by Crippen LogP contribution is -2.38. The molecule has 1 saturated heterocycles. The smallest absolute Gasteiger partial charge is 0.212 e. The lowest BCUT2D eigenvalue weighted by Gasteiger charge is -2.24. The molecule has 0 amide bonds. The van der Waals surface area contributed by atoms with E-state index in [9.17, 15) is 0 Å². The van der Waals surface area contributed by atoms with Crippen LogP contribution >= 0.6 is 11.8 Å². The highest BCUT2D eigenvalue weighted by Gasteiger charge is 2.23. The Morgan fingerprint density at radius 1 is 1.09 bits per heavy atom. The van der Waals surface area contributed by atoms with Gasteiger partial charge in [-0.15, -0.1) is 0 Å². The predicted octanol–water partition coefficient (Wildman–Crippen LogP) is 2.52. The molecule has 6 heteroatoms. The number of nitrogens with zero attached hydrogens (tertiary/aromatic N) is 5. The van der Waals surface area contributed by atoms with E-state index in [0.717, 1.165) is 54.3 Å². The third-order valence-electron chi connectivity index (χ3n) is 4.11. The van der Waals surface area contributed by atoms with Gasteiger partial charge in [-0.3, -0.25) is 4.57 Å². The van der Waals surface area contributed by atoms with Crippen LogP contribution in [0.5, 0.6) is 0 Å². The van der Waals surface area contributed by atoms with Crippen LogP contribution in [0.15, 0.2) is 51.7 Å². The van der Waals surface area contributed by atoms with E-state index >= 15 is 0 Å². The Kier molecular flexibility index (Phi) is 3.63. The van der Waals surface area contributed by atoms with Gasteiger partial charge in [0, 0.05) is 36.9 Å². The molecular formula is C16H19N5S. The highest BCUT2D eigenvalue weighted by molar-refractivity contribution is 7.99. The molecule has 0 saturated carbocycles. The molecule has 0 N–H and O–H groups in total. The van der Waals surface area contributed by atoms with E-state index in [4.69, 9.17) is 4.99 Å². The standard InChI is InChI=1S/C16H19N5S/c1-19-8-4-9-20(12-11-19)15-18-13-5-2-3-6-14(13)22-16-17-7-10-21(15)16/h2-3,5-7,10H,4,8-9,11-12H2,1H3. The van der Waals surface area contributed by atoms with Crippen molar-refractivity contribution in [3.05, 3.63) is 36.7 Å². The van der Waals surface area contributed by atoms with Crippen molar-refractivity contribution in [3.63, 3.8) is 0 Å². The van der Waals surface area contributed by atoms with Crippen LogP contribution in [0.3, 0.4) is 0 Å². The van der Waals surface area contributed by atoms with E-state index in [1.807, 2.05) is 18.5 Å². The highest BCUT2D eigenvalue weighted by Crippen LogP contribution is 2.37. The maximum absolute atomic E-state index is 4.97. The first-order valence-corrected chi connectivity index (χ1v) is 8.46. The summed E-state index contributed by atoms with van der Waals surface area (Å²) >= 11 is 1.68. The first kappa shape index (κ1) is 13.8. The monoisotopic (exact) mass is 313 g/mol. The van der Waals surface area contributed by atoms with E-state index < -0.39 is 0 Å². The molecule has 3 heterocycles. The maximum Gasteiger partial charge on any atom is 0.212 e. The summed E-state index contributed by atoms with van der Waals surface area (Å²) in [6.45, 7) is 4.25. The Morgan fingerprint density at radius 3 is 2.95 bits per heavy atom. The first-order chi connectivity index (χ1) is 10.8. The van der Waals surface area contributed by atoms with Gasteiger partial charge < -0.3 is 9.80 Å². The minimum absolute atomic E-state index is 0.987. The van der Waals surface area contributed by atoms with Crippen LogP contribution in [-0.4, -0.2) is 58.5 Å². The van der Waals surface area contributed by atoms with Gasteiger partial charge in [0.05, 0.1) is 5.69 Å². The van der Waals surface area contributed by atoms with Crippen molar-refractivity contribution >= 4 is 23.4 Å². The minimum atomic E-state index is 0.987. The normalized spacial score (nSPS) is 19.0. The number of aromatic nitrogens is 2. The Morgan fingerprint density at radius 2 is 2.00 bits per heavy atom. The summed E-state index contributed by atoms with van der Waals surface area (Å²) in [4.78, 5) is 15.4. The van der Waals surface area contributed by atoms with Gasteiger partial charge in [-0.1, -0.05) is 12.1 Å². The minimum Gasteiger partial charge on any atom is -0.341 e. The molecule has 2 aliphatic rings. The third kappa shape index (κ3) is 2.53. The number of fused-ring (bicyclic) bond motifs is 2. The Bertz CT molecular complexity index is 708.